The van der Waals surface area contributed by atoms with Crippen LogP contribution in [0.3, 0.4) is 0 Å². The summed E-state index contributed by atoms with van der Waals surface area (Å²) >= 11 is 0. The Labute approximate surface area is 186 Å². The smallest absolute Gasteiger partial charge is 0.232 e. The number of rotatable bonds is 5. The Bertz CT molecular complexity index is 1060. The molecular formula is C24H33N3O3S. The number of anilines is 2. The largest absolute Gasteiger partial charge is 0.387 e. The molecule has 0 radical (unpaired) electrons. The molecular weight excluding hydrogens is 410 g/mol. The highest BCUT2D eigenvalue weighted by atomic mass is 32.2. The van der Waals surface area contributed by atoms with E-state index in [1.807, 2.05) is 25.1 Å². The number of sulfonamides is 1. The van der Waals surface area contributed by atoms with E-state index in [0.29, 0.717) is 13.0 Å². The summed E-state index contributed by atoms with van der Waals surface area (Å²) in [6.45, 7) is 10.5. The molecule has 7 heteroatoms. The van der Waals surface area contributed by atoms with E-state index in [9.17, 15) is 13.5 Å². The van der Waals surface area contributed by atoms with Gasteiger partial charge in [0.15, 0.2) is 0 Å². The van der Waals surface area contributed by atoms with E-state index in [-0.39, 0.29) is 6.04 Å². The Morgan fingerprint density at radius 1 is 1.03 bits per heavy atom. The second-order valence-electron chi connectivity index (χ2n) is 9.09. The summed E-state index contributed by atoms with van der Waals surface area (Å²) < 4.78 is 25.7. The van der Waals surface area contributed by atoms with Crippen molar-refractivity contribution in [3.05, 3.63) is 58.7 Å². The molecule has 6 nitrogen and oxygen atoms in total. The summed E-state index contributed by atoms with van der Waals surface area (Å²) in [6, 6.07) is 12.2. The maximum Gasteiger partial charge on any atom is 0.232 e. The zero-order valence-corrected chi connectivity index (χ0v) is 19.7. The van der Waals surface area contributed by atoms with Crippen molar-refractivity contribution in [3.8, 4) is 0 Å². The summed E-state index contributed by atoms with van der Waals surface area (Å²) in [7, 11) is -3.30. The molecule has 2 aromatic rings. The molecule has 0 saturated carbocycles. The van der Waals surface area contributed by atoms with Crippen LogP contribution in [-0.4, -0.2) is 63.4 Å². The van der Waals surface area contributed by atoms with Gasteiger partial charge >= 0.3 is 0 Å². The summed E-state index contributed by atoms with van der Waals surface area (Å²) in [5.74, 6) is 0. The van der Waals surface area contributed by atoms with Crippen molar-refractivity contribution < 1.29 is 13.5 Å². The first-order valence-electron chi connectivity index (χ1n) is 11.0. The molecule has 0 bridgehead atoms. The second-order valence-corrected chi connectivity index (χ2v) is 11.0. The Balaban J connectivity index is 1.39. The highest BCUT2D eigenvalue weighted by molar-refractivity contribution is 7.92. The number of benzene rings is 2. The maximum atomic E-state index is 12.1. The minimum absolute atomic E-state index is 0.0875. The van der Waals surface area contributed by atoms with Gasteiger partial charge in [-0.3, -0.25) is 9.21 Å². The van der Waals surface area contributed by atoms with Crippen LogP contribution in [0.2, 0.25) is 0 Å². The Morgan fingerprint density at radius 2 is 1.74 bits per heavy atom. The lowest BCUT2D eigenvalue weighted by Gasteiger charge is -2.37. The van der Waals surface area contributed by atoms with Crippen LogP contribution < -0.4 is 9.21 Å². The van der Waals surface area contributed by atoms with Gasteiger partial charge < -0.3 is 10.0 Å². The lowest BCUT2D eigenvalue weighted by Crippen LogP contribution is -2.47. The lowest BCUT2D eigenvalue weighted by molar-refractivity contribution is 0.109. The van der Waals surface area contributed by atoms with Crippen molar-refractivity contribution in [2.24, 2.45) is 0 Å². The SMILES string of the molecule is Cc1ccc(C)c(N2CCN(C[C@@H](O)c3ccc4c(c3)C[C@@H](C)N4S(C)(=O)=O)CC2)c1. The van der Waals surface area contributed by atoms with Gasteiger partial charge in [0.2, 0.25) is 10.0 Å². The molecule has 0 amide bonds. The van der Waals surface area contributed by atoms with Crippen LogP contribution in [-0.2, 0) is 16.4 Å². The quantitative estimate of drug-likeness (QED) is 0.770. The third-order valence-corrected chi connectivity index (χ3v) is 7.78. The van der Waals surface area contributed by atoms with Gasteiger partial charge in [-0.25, -0.2) is 8.42 Å². The van der Waals surface area contributed by atoms with Crippen LogP contribution in [0.1, 0.15) is 35.3 Å². The topological polar surface area (TPSA) is 64.1 Å². The van der Waals surface area contributed by atoms with Crippen LogP contribution in [0.5, 0.6) is 0 Å². The van der Waals surface area contributed by atoms with E-state index >= 15 is 0 Å². The summed E-state index contributed by atoms with van der Waals surface area (Å²) in [4.78, 5) is 4.74. The molecule has 31 heavy (non-hydrogen) atoms. The van der Waals surface area contributed by atoms with Gasteiger partial charge in [-0.1, -0.05) is 24.3 Å². The normalized spacial score (nSPS) is 20.7. The fourth-order valence-corrected chi connectivity index (χ4v) is 6.18. The maximum absolute atomic E-state index is 12.1. The first-order valence-corrected chi connectivity index (χ1v) is 12.8. The van der Waals surface area contributed by atoms with Crippen molar-refractivity contribution in [2.75, 3.05) is 48.2 Å². The molecule has 2 heterocycles. The molecule has 0 spiro atoms. The van der Waals surface area contributed by atoms with Gasteiger partial charge in [0.1, 0.15) is 0 Å². The molecule has 1 fully saturated rings. The summed E-state index contributed by atoms with van der Waals surface area (Å²) in [5.41, 5.74) is 6.48. The Morgan fingerprint density at radius 3 is 2.42 bits per heavy atom. The third kappa shape index (κ3) is 4.59. The zero-order chi connectivity index (χ0) is 22.3. The molecule has 168 valence electrons. The lowest BCUT2D eigenvalue weighted by atomic mass is 10.0. The number of fused-ring (bicyclic) bond motifs is 1. The van der Waals surface area contributed by atoms with Gasteiger partial charge in [-0.05, 0) is 61.6 Å². The van der Waals surface area contributed by atoms with Gasteiger partial charge in [-0.15, -0.1) is 0 Å². The molecule has 1 saturated heterocycles. The average Bonchev–Trinajstić information content (AvgIpc) is 3.05. The van der Waals surface area contributed by atoms with E-state index < -0.39 is 16.1 Å². The minimum Gasteiger partial charge on any atom is -0.387 e. The highest BCUT2D eigenvalue weighted by Gasteiger charge is 2.33. The molecule has 0 unspecified atom stereocenters. The van der Waals surface area contributed by atoms with E-state index in [0.717, 1.165) is 43.0 Å². The van der Waals surface area contributed by atoms with Gasteiger partial charge in [0, 0.05) is 44.5 Å². The Hall–Kier alpha value is -2.09. The van der Waals surface area contributed by atoms with E-state index in [2.05, 4.69) is 41.8 Å². The van der Waals surface area contributed by atoms with E-state index in [1.165, 1.54) is 27.4 Å². The molecule has 1 N–H and O–H groups in total. The second kappa shape index (κ2) is 8.45. The van der Waals surface area contributed by atoms with Crippen LogP contribution in [0.4, 0.5) is 11.4 Å². The highest BCUT2D eigenvalue weighted by Crippen LogP contribution is 2.36. The van der Waals surface area contributed by atoms with Crippen LogP contribution in [0, 0.1) is 13.8 Å². The molecule has 2 aromatic carbocycles. The van der Waals surface area contributed by atoms with E-state index in [1.54, 1.807) is 0 Å². The molecule has 2 aliphatic heterocycles. The number of nitrogens with zero attached hydrogens (tertiary/aromatic N) is 3. The first-order chi connectivity index (χ1) is 14.6. The van der Waals surface area contributed by atoms with Crippen molar-refractivity contribution in [1.82, 2.24) is 4.90 Å². The number of hydrogen-bond donors (Lipinski definition) is 1. The predicted molar refractivity (Wildman–Crippen MR) is 126 cm³/mol. The number of hydrogen-bond acceptors (Lipinski definition) is 5. The molecule has 0 aliphatic carbocycles. The summed E-state index contributed by atoms with van der Waals surface area (Å²) in [6.07, 6.45) is 1.34. The van der Waals surface area contributed by atoms with Crippen LogP contribution >= 0.6 is 0 Å². The number of aliphatic hydroxyl groups is 1. The monoisotopic (exact) mass is 443 g/mol. The third-order valence-electron chi connectivity index (χ3n) is 6.51. The Kier molecular flexibility index (Phi) is 6.03. The molecule has 2 aliphatic rings. The van der Waals surface area contributed by atoms with Crippen molar-refractivity contribution in [1.29, 1.82) is 0 Å². The first kappa shape index (κ1) is 22.1. The number of aryl methyl sites for hydroxylation is 2. The minimum atomic E-state index is -3.30. The van der Waals surface area contributed by atoms with Crippen molar-refractivity contribution in [2.45, 2.75) is 39.3 Å². The fraction of sp³-hybridized carbons (Fsp3) is 0.500. The fourth-order valence-electron chi connectivity index (χ4n) is 4.92. The standard InChI is InChI=1S/C24H33N3O3S/c1-17-5-6-18(2)23(13-17)26-11-9-25(10-12-26)16-24(28)20-7-8-22-21(15-20)14-19(3)27(22)31(4,29)30/h5-8,13,15,19,24,28H,9-12,14,16H2,1-4H3/t19-,24-/m1/s1. The molecule has 2 atom stereocenters. The van der Waals surface area contributed by atoms with Crippen LogP contribution in [0.25, 0.3) is 0 Å². The molecule has 4 rings (SSSR count). The van der Waals surface area contributed by atoms with E-state index in [4.69, 9.17) is 0 Å². The van der Waals surface area contributed by atoms with Crippen molar-refractivity contribution in [3.63, 3.8) is 0 Å². The molecule has 0 aromatic heterocycles. The van der Waals surface area contributed by atoms with Crippen LogP contribution in [0.15, 0.2) is 36.4 Å². The predicted octanol–water partition coefficient (Wildman–Crippen LogP) is 2.87. The number of piperazine rings is 1. The zero-order valence-electron chi connectivity index (χ0n) is 18.9. The number of aliphatic hydroxyl groups excluding tert-OH is 1. The van der Waals surface area contributed by atoms with Gasteiger partial charge in [0.25, 0.3) is 0 Å². The van der Waals surface area contributed by atoms with Crippen molar-refractivity contribution >= 4 is 21.4 Å². The van der Waals surface area contributed by atoms with Gasteiger partial charge in [0.05, 0.1) is 18.0 Å². The van der Waals surface area contributed by atoms with Gasteiger partial charge in [-0.2, -0.15) is 0 Å². The average molecular weight is 444 g/mol. The number of β-amino-alcohol motifs (C(OH)–C–C–N with tert-alkyl or cyclic N) is 1. The summed E-state index contributed by atoms with van der Waals surface area (Å²) in [5, 5.41) is 10.9.